The Morgan fingerprint density at radius 1 is 1.28 bits per heavy atom. The molecule has 3 nitrogen and oxygen atoms in total. The summed E-state index contributed by atoms with van der Waals surface area (Å²) < 4.78 is 0. The lowest BCUT2D eigenvalue weighted by Crippen LogP contribution is -2.41. The second-order valence-electron chi connectivity index (χ2n) is 5.84. The van der Waals surface area contributed by atoms with Crippen LogP contribution >= 0.6 is 0 Å². The van der Waals surface area contributed by atoms with Crippen LogP contribution in [-0.4, -0.2) is 16.9 Å². The highest BCUT2D eigenvalue weighted by atomic mass is 16.1. The number of carbonyl (C=O) groups is 1. The van der Waals surface area contributed by atoms with Gasteiger partial charge in [0.05, 0.1) is 0 Å². The molecule has 0 spiro atoms. The summed E-state index contributed by atoms with van der Waals surface area (Å²) in [4.78, 5) is 15.3. The average molecular weight is 244 g/mol. The fraction of sp³-hybridized carbons (Fsp3) is 0.400. The largest absolute Gasteiger partial charge is 0.361 e. The molecule has 0 fully saturated rings. The predicted octanol–water partition coefficient (Wildman–Crippen LogP) is 3.33. The Morgan fingerprint density at radius 3 is 2.67 bits per heavy atom. The van der Waals surface area contributed by atoms with Crippen molar-refractivity contribution < 1.29 is 4.79 Å². The number of amides is 1. The van der Waals surface area contributed by atoms with Gasteiger partial charge in [0.15, 0.2) is 0 Å². The molecule has 0 aliphatic carbocycles. The van der Waals surface area contributed by atoms with E-state index in [0.29, 0.717) is 5.56 Å². The highest BCUT2D eigenvalue weighted by Crippen LogP contribution is 2.19. The van der Waals surface area contributed by atoms with Crippen LogP contribution in [0.1, 0.15) is 38.1 Å². The van der Waals surface area contributed by atoms with Crippen LogP contribution < -0.4 is 5.32 Å². The van der Waals surface area contributed by atoms with Crippen molar-refractivity contribution in [2.75, 3.05) is 0 Å². The smallest absolute Gasteiger partial charge is 0.251 e. The van der Waals surface area contributed by atoms with Crippen LogP contribution in [0.2, 0.25) is 0 Å². The van der Waals surface area contributed by atoms with Crippen LogP contribution in [0.15, 0.2) is 30.5 Å². The second kappa shape index (κ2) is 4.48. The van der Waals surface area contributed by atoms with Gasteiger partial charge in [0.2, 0.25) is 0 Å². The molecule has 1 amide bonds. The lowest BCUT2D eigenvalue weighted by Gasteiger charge is -2.28. The van der Waals surface area contributed by atoms with E-state index in [-0.39, 0.29) is 17.4 Å². The molecule has 0 bridgehead atoms. The molecule has 1 unspecified atom stereocenters. The number of carbonyl (C=O) groups excluding carboxylic acids is 1. The van der Waals surface area contributed by atoms with Crippen molar-refractivity contribution in [3.05, 3.63) is 36.0 Å². The van der Waals surface area contributed by atoms with Gasteiger partial charge in [-0.3, -0.25) is 4.79 Å². The first-order chi connectivity index (χ1) is 8.38. The summed E-state index contributed by atoms with van der Waals surface area (Å²) in [5.41, 5.74) is 1.75. The Labute approximate surface area is 108 Å². The van der Waals surface area contributed by atoms with E-state index in [2.05, 4.69) is 31.1 Å². The number of hydrogen-bond donors (Lipinski definition) is 2. The van der Waals surface area contributed by atoms with Crippen molar-refractivity contribution in [1.82, 2.24) is 10.3 Å². The van der Waals surface area contributed by atoms with Crippen LogP contribution in [-0.2, 0) is 0 Å². The molecular formula is C15H20N2O. The van der Waals surface area contributed by atoms with Gasteiger partial charge >= 0.3 is 0 Å². The monoisotopic (exact) mass is 244 g/mol. The van der Waals surface area contributed by atoms with E-state index in [1.807, 2.05) is 37.4 Å². The zero-order chi connectivity index (χ0) is 13.3. The molecule has 2 aromatic rings. The maximum absolute atomic E-state index is 12.1. The molecule has 0 aliphatic heterocycles. The number of rotatable bonds is 2. The van der Waals surface area contributed by atoms with Crippen molar-refractivity contribution in [2.24, 2.45) is 5.41 Å². The number of nitrogens with one attached hydrogen (secondary N) is 2. The first-order valence-electron chi connectivity index (χ1n) is 6.26. The molecular weight excluding hydrogens is 224 g/mol. The normalized spacial score (nSPS) is 13.6. The van der Waals surface area contributed by atoms with Gasteiger partial charge in [0.25, 0.3) is 5.91 Å². The first kappa shape index (κ1) is 12.7. The van der Waals surface area contributed by atoms with Crippen LogP contribution in [0.4, 0.5) is 0 Å². The second-order valence-corrected chi connectivity index (χ2v) is 5.84. The number of hydrogen-bond acceptors (Lipinski definition) is 1. The topological polar surface area (TPSA) is 44.9 Å². The number of fused-ring (bicyclic) bond motifs is 1. The third kappa shape index (κ3) is 2.55. The summed E-state index contributed by atoms with van der Waals surface area (Å²) in [6, 6.07) is 7.84. The summed E-state index contributed by atoms with van der Waals surface area (Å²) >= 11 is 0. The fourth-order valence-corrected chi connectivity index (χ4v) is 1.69. The van der Waals surface area contributed by atoms with Gasteiger partial charge in [-0.2, -0.15) is 0 Å². The molecule has 1 atom stereocenters. The van der Waals surface area contributed by atoms with Gasteiger partial charge in [-0.25, -0.2) is 0 Å². The maximum Gasteiger partial charge on any atom is 0.251 e. The Morgan fingerprint density at radius 2 is 2.00 bits per heavy atom. The highest BCUT2D eigenvalue weighted by Gasteiger charge is 2.22. The van der Waals surface area contributed by atoms with Gasteiger partial charge in [0, 0.05) is 23.3 Å². The quantitative estimate of drug-likeness (QED) is 0.836. The SMILES string of the molecule is CC(NC(=O)c1ccc2cc[nH]c2c1)C(C)(C)C. The minimum atomic E-state index is -0.0195. The van der Waals surface area contributed by atoms with E-state index in [1.54, 1.807) is 0 Å². The molecule has 2 rings (SSSR count). The van der Waals surface area contributed by atoms with E-state index in [4.69, 9.17) is 0 Å². The molecule has 0 radical (unpaired) electrons. The zero-order valence-electron chi connectivity index (χ0n) is 11.4. The molecule has 3 heteroatoms. The van der Waals surface area contributed by atoms with Gasteiger partial charge in [0.1, 0.15) is 0 Å². The third-order valence-corrected chi connectivity index (χ3v) is 3.46. The molecule has 18 heavy (non-hydrogen) atoms. The summed E-state index contributed by atoms with van der Waals surface area (Å²) in [7, 11) is 0. The van der Waals surface area contributed by atoms with E-state index in [0.717, 1.165) is 10.9 Å². The van der Waals surface area contributed by atoms with Crippen LogP contribution in [0.3, 0.4) is 0 Å². The van der Waals surface area contributed by atoms with Crippen LogP contribution in [0, 0.1) is 5.41 Å². The predicted molar refractivity (Wildman–Crippen MR) is 74.7 cm³/mol. The number of H-pyrrole nitrogens is 1. The number of aromatic nitrogens is 1. The fourth-order valence-electron chi connectivity index (χ4n) is 1.69. The Kier molecular flexibility index (Phi) is 3.16. The molecule has 0 aliphatic rings. The number of benzene rings is 1. The Hall–Kier alpha value is -1.77. The summed E-state index contributed by atoms with van der Waals surface area (Å²) in [6.07, 6.45) is 1.88. The Bertz CT molecular complexity index is 563. The first-order valence-corrected chi connectivity index (χ1v) is 6.26. The molecule has 0 saturated carbocycles. The van der Waals surface area contributed by atoms with Crippen LogP contribution in [0.25, 0.3) is 10.9 Å². The average Bonchev–Trinajstić information content (AvgIpc) is 2.74. The van der Waals surface area contributed by atoms with Crippen molar-refractivity contribution in [3.8, 4) is 0 Å². The summed E-state index contributed by atoms with van der Waals surface area (Å²) in [5, 5.41) is 4.16. The van der Waals surface area contributed by atoms with E-state index in [9.17, 15) is 4.79 Å². The van der Waals surface area contributed by atoms with Gasteiger partial charge in [-0.05, 0) is 35.9 Å². The standard InChI is InChI=1S/C15H20N2O/c1-10(15(2,3)4)17-14(18)12-6-5-11-7-8-16-13(11)9-12/h5-10,16H,1-4H3,(H,17,18). The van der Waals surface area contributed by atoms with Crippen molar-refractivity contribution in [2.45, 2.75) is 33.7 Å². The van der Waals surface area contributed by atoms with E-state index >= 15 is 0 Å². The lowest BCUT2D eigenvalue weighted by atomic mass is 9.88. The molecule has 0 saturated heterocycles. The molecule has 96 valence electrons. The van der Waals surface area contributed by atoms with Gasteiger partial charge < -0.3 is 10.3 Å². The van der Waals surface area contributed by atoms with Crippen molar-refractivity contribution >= 4 is 16.8 Å². The molecule has 1 heterocycles. The Balaban J connectivity index is 2.18. The van der Waals surface area contributed by atoms with Gasteiger partial charge in [-0.1, -0.05) is 26.8 Å². The summed E-state index contributed by atoms with van der Waals surface area (Å²) in [6.45, 7) is 8.38. The molecule has 2 N–H and O–H groups in total. The number of aromatic amines is 1. The van der Waals surface area contributed by atoms with E-state index in [1.165, 1.54) is 0 Å². The lowest BCUT2D eigenvalue weighted by molar-refractivity contribution is 0.0910. The van der Waals surface area contributed by atoms with Gasteiger partial charge in [-0.15, -0.1) is 0 Å². The van der Waals surface area contributed by atoms with Crippen molar-refractivity contribution in [3.63, 3.8) is 0 Å². The summed E-state index contributed by atoms with van der Waals surface area (Å²) in [5.74, 6) is -0.0195. The maximum atomic E-state index is 12.1. The third-order valence-electron chi connectivity index (χ3n) is 3.46. The van der Waals surface area contributed by atoms with Crippen molar-refractivity contribution in [1.29, 1.82) is 0 Å². The molecule has 1 aromatic carbocycles. The molecule has 1 aromatic heterocycles. The highest BCUT2D eigenvalue weighted by molar-refractivity contribution is 5.98. The van der Waals surface area contributed by atoms with E-state index < -0.39 is 0 Å². The zero-order valence-corrected chi connectivity index (χ0v) is 11.4. The van der Waals surface area contributed by atoms with Crippen LogP contribution in [0.5, 0.6) is 0 Å². The minimum Gasteiger partial charge on any atom is -0.361 e. The minimum absolute atomic E-state index is 0.0195.